The zero-order valence-corrected chi connectivity index (χ0v) is 15.5. The summed E-state index contributed by atoms with van der Waals surface area (Å²) in [4.78, 5) is 28.9. The Labute approximate surface area is 155 Å². The Kier molecular flexibility index (Phi) is 5.71. The topological polar surface area (TPSA) is 40.6 Å². The van der Waals surface area contributed by atoms with E-state index in [1.165, 1.54) is 0 Å². The quantitative estimate of drug-likeness (QED) is 0.830. The number of carbonyl (C=O) groups is 2. The van der Waals surface area contributed by atoms with Crippen LogP contribution in [0.25, 0.3) is 0 Å². The average Bonchev–Trinajstić information content (AvgIpc) is 3.16. The van der Waals surface area contributed by atoms with Gasteiger partial charge in [-0.15, -0.1) is 0 Å². The number of amides is 2. The summed E-state index contributed by atoms with van der Waals surface area (Å²) in [5, 5.41) is 0. The first kappa shape index (κ1) is 18.2. The van der Waals surface area contributed by atoms with Crippen LogP contribution in [0.5, 0.6) is 0 Å². The van der Waals surface area contributed by atoms with Crippen LogP contribution in [-0.2, 0) is 9.59 Å². The smallest absolute Gasteiger partial charge is 0.244 e. The highest BCUT2D eigenvalue weighted by Crippen LogP contribution is 2.30. The second-order valence-electron chi connectivity index (χ2n) is 7.06. The summed E-state index contributed by atoms with van der Waals surface area (Å²) in [7, 11) is 3.50. The summed E-state index contributed by atoms with van der Waals surface area (Å²) in [6.07, 6.45) is 2.02. The van der Waals surface area contributed by atoms with Crippen LogP contribution in [0.1, 0.15) is 36.3 Å². The number of rotatable bonds is 5. The van der Waals surface area contributed by atoms with Gasteiger partial charge in [0.25, 0.3) is 0 Å². The number of hydrogen-bond acceptors (Lipinski definition) is 2. The first-order chi connectivity index (χ1) is 12.6. The number of nitrogens with zero attached hydrogens (tertiary/aromatic N) is 2. The highest BCUT2D eigenvalue weighted by molar-refractivity contribution is 5.88. The summed E-state index contributed by atoms with van der Waals surface area (Å²) >= 11 is 0. The van der Waals surface area contributed by atoms with Crippen molar-refractivity contribution < 1.29 is 9.59 Å². The molecule has 136 valence electrons. The number of carbonyl (C=O) groups excluding carboxylic acids is 2. The van der Waals surface area contributed by atoms with Gasteiger partial charge in [-0.2, -0.15) is 0 Å². The van der Waals surface area contributed by atoms with Crippen molar-refractivity contribution in [2.24, 2.45) is 0 Å². The van der Waals surface area contributed by atoms with E-state index in [-0.39, 0.29) is 23.8 Å². The van der Waals surface area contributed by atoms with Crippen molar-refractivity contribution in [2.45, 2.75) is 31.2 Å². The second-order valence-corrected chi connectivity index (χ2v) is 7.06. The SMILES string of the molecule is CN(C)C(=O)C1CCCN1C(=O)CC(c1ccccc1)c1ccccc1. The molecule has 1 aliphatic rings. The van der Waals surface area contributed by atoms with Gasteiger partial charge >= 0.3 is 0 Å². The maximum Gasteiger partial charge on any atom is 0.244 e. The number of likely N-dealkylation sites (N-methyl/N-ethyl adjacent to an activating group) is 1. The third-order valence-electron chi connectivity index (χ3n) is 5.08. The van der Waals surface area contributed by atoms with E-state index < -0.39 is 0 Å². The molecule has 1 aliphatic heterocycles. The monoisotopic (exact) mass is 350 g/mol. The Morgan fingerprint density at radius 2 is 1.54 bits per heavy atom. The minimum absolute atomic E-state index is 0.000563. The molecule has 4 heteroatoms. The maximum absolute atomic E-state index is 13.1. The Morgan fingerprint density at radius 1 is 1.00 bits per heavy atom. The molecular weight excluding hydrogens is 324 g/mol. The highest BCUT2D eigenvalue weighted by Gasteiger charge is 2.35. The van der Waals surface area contributed by atoms with Gasteiger partial charge in [0, 0.05) is 33.0 Å². The van der Waals surface area contributed by atoms with Gasteiger partial charge in [0.2, 0.25) is 11.8 Å². The maximum atomic E-state index is 13.1. The van der Waals surface area contributed by atoms with E-state index in [4.69, 9.17) is 0 Å². The third-order valence-corrected chi connectivity index (χ3v) is 5.08. The predicted octanol–water partition coefficient (Wildman–Crippen LogP) is 3.29. The summed E-state index contributed by atoms with van der Waals surface area (Å²) < 4.78 is 0. The molecule has 3 rings (SSSR count). The molecule has 0 N–H and O–H groups in total. The van der Waals surface area contributed by atoms with E-state index in [1.54, 1.807) is 23.9 Å². The van der Waals surface area contributed by atoms with E-state index in [0.29, 0.717) is 13.0 Å². The van der Waals surface area contributed by atoms with E-state index in [9.17, 15) is 9.59 Å². The van der Waals surface area contributed by atoms with Crippen LogP contribution in [0.2, 0.25) is 0 Å². The molecule has 2 amide bonds. The summed E-state index contributed by atoms with van der Waals surface area (Å²) in [6.45, 7) is 0.666. The van der Waals surface area contributed by atoms with E-state index in [0.717, 1.165) is 24.0 Å². The largest absolute Gasteiger partial charge is 0.347 e. The molecule has 2 aromatic rings. The van der Waals surface area contributed by atoms with Gasteiger partial charge in [0.05, 0.1) is 0 Å². The van der Waals surface area contributed by atoms with Crippen LogP contribution in [0.3, 0.4) is 0 Å². The summed E-state index contributed by atoms with van der Waals surface area (Å²) in [5.41, 5.74) is 2.25. The normalized spacial score (nSPS) is 16.7. The number of hydrogen-bond donors (Lipinski definition) is 0. The molecule has 1 fully saturated rings. The minimum atomic E-state index is -0.315. The number of likely N-dealkylation sites (tertiary alicyclic amines) is 1. The van der Waals surface area contributed by atoms with Crippen LogP contribution in [0, 0.1) is 0 Å². The Hall–Kier alpha value is -2.62. The summed E-state index contributed by atoms with van der Waals surface area (Å²) in [6, 6.07) is 19.9. The lowest BCUT2D eigenvalue weighted by atomic mass is 9.88. The molecule has 0 radical (unpaired) electrons. The van der Waals surface area contributed by atoms with Crippen molar-refractivity contribution in [3.05, 3.63) is 71.8 Å². The van der Waals surface area contributed by atoms with E-state index in [2.05, 4.69) is 24.3 Å². The Morgan fingerprint density at radius 3 is 2.04 bits per heavy atom. The molecule has 1 unspecified atom stereocenters. The van der Waals surface area contributed by atoms with Gasteiger partial charge in [-0.1, -0.05) is 60.7 Å². The van der Waals surface area contributed by atoms with Gasteiger partial charge in [-0.05, 0) is 24.0 Å². The summed E-state index contributed by atoms with van der Waals surface area (Å²) in [5.74, 6) is 0.0767. The zero-order valence-electron chi connectivity index (χ0n) is 15.5. The molecule has 0 bridgehead atoms. The lowest BCUT2D eigenvalue weighted by Gasteiger charge is -2.28. The minimum Gasteiger partial charge on any atom is -0.347 e. The zero-order chi connectivity index (χ0) is 18.5. The molecule has 1 atom stereocenters. The number of benzene rings is 2. The van der Waals surface area contributed by atoms with Crippen molar-refractivity contribution in [1.29, 1.82) is 0 Å². The van der Waals surface area contributed by atoms with Crippen LogP contribution in [0.4, 0.5) is 0 Å². The van der Waals surface area contributed by atoms with Gasteiger partial charge in [-0.25, -0.2) is 0 Å². The van der Waals surface area contributed by atoms with Gasteiger partial charge in [0.1, 0.15) is 6.04 Å². The highest BCUT2D eigenvalue weighted by atomic mass is 16.2. The predicted molar refractivity (Wildman–Crippen MR) is 103 cm³/mol. The van der Waals surface area contributed by atoms with Gasteiger partial charge in [0.15, 0.2) is 0 Å². The Balaban J connectivity index is 1.83. The standard InChI is InChI=1S/C22H26N2O2/c1-23(2)22(26)20-14-9-15-24(20)21(25)16-19(17-10-5-3-6-11-17)18-12-7-4-8-13-18/h3-8,10-13,19-20H,9,14-16H2,1-2H3. The van der Waals surface area contributed by atoms with E-state index in [1.807, 2.05) is 36.4 Å². The van der Waals surface area contributed by atoms with Crippen molar-refractivity contribution in [3.63, 3.8) is 0 Å². The molecule has 0 aliphatic carbocycles. The lowest BCUT2D eigenvalue weighted by molar-refractivity contribution is -0.142. The first-order valence-corrected chi connectivity index (χ1v) is 9.18. The van der Waals surface area contributed by atoms with Gasteiger partial charge in [-0.3, -0.25) is 9.59 Å². The molecule has 0 aromatic heterocycles. The molecule has 1 heterocycles. The molecule has 4 nitrogen and oxygen atoms in total. The molecule has 2 aromatic carbocycles. The average molecular weight is 350 g/mol. The van der Waals surface area contributed by atoms with Crippen LogP contribution >= 0.6 is 0 Å². The lowest BCUT2D eigenvalue weighted by Crippen LogP contribution is -2.45. The Bertz CT molecular complexity index is 704. The molecule has 26 heavy (non-hydrogen) atoms. The van der Waals surface area contributed by atoms with E-state index >= 15 is 0 Å². The van der Waals surface area contributed by atoms with Crippen LogP contribution in [0.15, 0.2) is 60.7 Å². The van der Waals surface area contributed by atoms with Crippen molar-refractivity contribution in [2.75, 3.05) is 20.6 Å². The third kappa shape index (κ3) is 3.96. The van der Waals surface area contributed by atoms with Gasteiger partial charge < -0.3 is 9.80 Å². The second kappa shape index (κ2) is 8.17. The fourth-order valence-corrected chi connectivity index (χ4v) is 3.71. The van der Waals surface area contributed by atoms with Crippen molar-refractivity contribution >= 4 is 11.8 Å². The van der Waals surface area contributed by atoms with Crippen molar-refractivity contribution in [1.82, 2.24) is 9.80 Å². The molecule has 0 saturated carbocycles. The van der Waals surface area contributed by atoms with Crippen molar-refractivity contribution in [3.8, 4) is 0 Å². The molecule has 0 spiro atoms. The fourth-order valence-electron chi connectivity index (χ4n) is 3.71. The fraction of sp³-hybridized carbons (Fsp3) is 0.364. The van der Waals surface area contributed by atoms with Crippen LogP contribution in [-0.4, -0.2) is 48.3 Å². The molecule has 1 saturated heterocycles. The van der Waals surface area contributed by atoms with Crippen LogP contribution < -0.4 is 0 Å². The molecular formula is C22H26N2O2. The first-order valence-electron chi connectivity index (χ1n) is 9.18.